The number of rotatable bonds is 5. The molecule has 24 radical (unpaired) electrons. The number of imidazole rings is 1. The van der Waals surface area contributed by atoms with Gasteiger partial charge in [0.05, 0.1) is 16.7 Å². The monoisotopic (exact) mass is 734 g/mol. The third-order valence-corrected chi connectivity index (χ3v) is 11.4. The van der Waals surface area contributed by atoms with Gasteiger partial charge in [0.25, 0.3) is 0 Å². The quantitative estimate of drug-likeness (QED) is 0.154. The van der Waals surface area contributed by atoms with Crippen LogP contribution in [-0.2, 0) is 0 Å². The number of para-hydroxylation sites is 2. The van der Waals surface area contributed by atoms with Crippen molar-refractivity contribution in [1.82, 2.24) is 9.55 Å². The molecule has 9 aromatic rings. The Hall–Kier alpha value is -5.67. The van der Waals surface area contributed by atoms with Crippen LogP contribution in [0.3, 0.4) is 0 Å². The normalized spacial score (nSPS) is 11.5. The minimum atomic E-state index is -0.410. The third kappa shape index (κ3) is 5.86. The first-order valence-electron chi connectivity index (χ1n) is 18.7. The molecule has 60 heavy (non-hydrogen) atoms. The fourth-order valence-electron chi connectivity index (χ4n) is 8.26. The van der Waals surface area contributed by atoms with E-state index in [-0.39, 0.29) is 98.8 Å². The highest BCUT2D eigenvalue weighted by atomic mass is 16.3. The van der Waals surface area contributed by atoms with Crippen LogP contribution in [0.1, 0.15) is 0 Å². The Kier molecular flexibility index (Phi) is 9.81. The first-order valence-corrected chi connectivity index (χ1v) is 18.7. The van der Waals surface area contributed by atoms with E-state index in [1.807, 2.05) is 91.0 Å². The predicted molar refractivity (Wildman–Crippen MR) is 264 cm³/mol. The number of aromatic nitrogens is 2. The summed E-state index contributed by atoms with van der Waals surface area (Å²) in [5.41, 5.74) is 6.01. The first-order chi connectivity index (χ1) is 28.7. The highest BCUT2D eigenvalue weighted by molar-refractivity contribution is 6.70. The Balaban J connectivity index is 1.58. The van der Waals surface area contributed by atoms with Crippen LogP contribution in [0.2, 0.25) is 0 Å². The standard InChI is InChI=1S/C45H18B12N2O/c46-31-26-25(22-16-20(18-9-3-1-4-10-18)15-21(17-22)19-11-5-2-6-12-19)27-29(44(60)42(57)40(55)32(27)47)43(28(26)33(48)37(52)36(31)51)59-24-14-8-7-13-23(24)58-45(59)30-34(49)38(53)41(56)39(54)35(30)50/h1-17,60H. The van der Waals surface area contributed by atoms with Gasteiger partial charge in [0.1, 0.15) is 106 Å². The van der Waals surface area contributed by atoms with Gasteiger partial charge in [-0.2, -0.15) is 0 Å². The number of benzene rings is 8. The molecule has 8 aromatic carbocycles. The van der Waals surface area contributed by atoms with E-state index in [0.717, 1.165) is 22.3 Å². The number of aromatic hydroxyl groups is 1. The molecule has 0 aliphatic heterocycles. The molecule has 3 nitrogen and oxygen atoms in total. The highest BCUT2D eigenvalue weighted by Gasteiger charge is 2.29. The summed E-state index contributed by atoms with van der Waals surface area (Å²) in [6.45, 7) is 0. The molecule has 1 N–H and O–H groups in total. The smallest absolute Gasteiger partial charge is 0.144 e. The SMILES string of the molecule is [B]c1c([B])c([B])c(-c2nc3ccccc3n2-c2c3c([B])c([B])c([B])c([B])c3c(-c3cc(-c4ccccc4)cc(-c4ccccc4)c3)c3c([B])c([B])c([B])c(O)c23)c([B])c1[B]. The van der Waals surface area contributed by atoms with Gasteiger partial charge in [-0.25, -0.2) is 4.98 Å². The predicted octanol–water partition coefficient (Wildman–Crippen LogP) is -2.77. The van der Waals surface area contributed by atoms with Crippen LogP contribution in [-0.4, -0.2) is 109 Å². The van der Waals surface area contributed by atoms with Gasteiger partial charge in [0.2, 0.25) is 0 Å². The Morgan fingerprint density at radius 2 is 0.783 bits per heavy atom. The lowest BCUT2D eigenvalue weighted by Crippen LogP contribution is -2.55. The molecular formula is C45H18B12N2O. The van der Waals surface area contributed by atoms with Gasteiger partial charge >= 0.3 is 0 Å². The van der Waals surface area contributed by atoms with Gasteiger partial charge in [0, 0.05) is 10.9 Å². The fourth-order valence-corrected chi connectivity index (χ4v) is 8.26. The summed E-state index contributed by atoms with van der Waals surface area (Å²) in [5.74, 6) is -0.258. The summed E-state index contributed by atoms with van der Waals surface area (Å²) < 4.78 is 1.71. The van der Waals surface area contributed by atoms with Crippen LogP contribution in [0.25, 0.3) is 83.0 Å². The molecule has 0 bridgehead atoms. The zero-order valence-corrected chi connectivity index (χ0v) is 32.1. The van der Waals surface area contributed by atoms with Gasteiger partial charge < -0.3 is 5.11 Å². The average molecular weight is 732 g/mol. The minimum absolute atomic E-state index is 0.00206. The van der Waals surface area contributed by atoms with Crippen molar-refractivity contribution < 1.29 is 5.11 Å². The van der Waals surface area contributed by atoms with E-state index in [1.165, 1.54) is 0 Å². The third-order valence-electron chi connectivity index (χ3n) is 11.4. The second-order valence-electron chi connectivity index (χ2n) is 14.7. The van der Waals surface area contributed by atoms with Crippen molar-refractivity contribution in [3.8, 4) is 56.2 Å². The van der Waals surface area contributed by atoms with E-state index in [0.29, 0.717) is 27.5 Å². The Bertz CT molecular complexity index is 3130. The molecule has 250 valence electrons. The fraction of sp³-hybridized carbons (Fsp3) is 0. The molecule has 0 saturated carbocycles. The van der Waals surface area contributed by atoms with E-state index in [2.05, 4.69) is 6.07 Å². The van der Waals surface area contributed by atoms with Crippen molar-refractivity contribution in [2.75, 3.05) is 0 Å². The van der Waals surface area contributed by atoms with Crippen molar-refractivity contribution in [1.29, 1.82) is 0 Å². The maximum absolute atomic E-state index is 12.5. The summed E-state index contributed by atoms with van der Waals surface area (Å²) in [5, 5.41) is 13.5. The van der Waals surface area contributed by atoms with E-state index in [1.54, 1.807) is 10.6 Å². The Labute approximate surface area is 364 Å². The molecule has 0 unspecified atom stereocenters. The number of fused-ring (bicyclic) bond motifs is 3. The minimum Gasteiger partial charge on any atom is -0.508 e. The Morgan fingerprint density at radius 3 is 1.33 bits per heavy atom. The van der Waals surface area contributed by atoms with Crippen LogP contribution >= 0.6 is 0 Å². The lowest BCUT2D eigenvalue weighted by molar-refractivity contribution is 0.486. The van der Waals surface area contributed by atoms with Crippen LogP contribution in [0.15, 0.2) is 103 Å². The number of hydrogen-bond donors (Lipinski definition) is 1. The average Bonchev–Trinajstić information content (AvgIpc) is 3.65. The number of hydrogen-bond acceptors (Lipinski definition) is 2. The van der Waals surface area contributed by atoms with Crippen molar-refractivity contribution in [2.45, 2.75) is 0 Å². The van der Waals surface area contributed by atoms with E-state index in [9.17, 15) is 5.11 Å². The molecule has 0 aliphatic carbocycles. The number of nitrogens with zero attached hydrogens (tertiary/aromatic N) is 2. The van der Waals surface area contributed by atoms with Gasteiger partial charge in [-0.05, 0) is 79.9 Å². The summed E-state index contributed by atoms with van der Waals surface area (Å²) in [6.07, 6.45) is 0. The zero-order chi connectivity index (χ0) is 42.5. The van der Waals surface area contributed by atoms with Crippen molar-refractivity contribution in [3.05, 3.63) is 103 Å². The maximum atomic E-state index is 12.5. The zero-order valence-electron chi connectivity index (χ0n) is 32.1. The van der Waals surface area contributed by atoms with Crippen LogP contribution in [0, 0.1) is 0 Å². The molecule has 0 fully saturated rings. The van der Waals surface area contributed by atoms with Gasteiger partial charge in [-0.15, -0.1) is 32.8 Å². The van der Waals surface area contributed by atoms with Gasteiger partial charge in [-0.3, -0.25) is 4.57 Å². The van der Waals surface area contributed by atoms with E-state index < -0.39 is 5.75 Å². The summed E-state index contributed by atoms with van der Waals surface area (Å²) in [4.78, 5) is 5.02. The number of phenolic OH excluding ortho intramolecular Hbond substituents is 1. The van der Waals surface area contributed by atoms with E-state index in [4.69, 9.17) is 99.1 Å². The molecule has 15 heteroatoms. The molecule has 0 aliphatic rings. The lowest BCUT2D eigenvalue weighted by Gasteiger charge is -2.29. The Morgan fingerprint density at radius 1 is 0.367 bits per heavy atom. The van der Waals surface area contributed by atoms with Gasteiger partial charge in [-0.1, -0.05) is 106 Å². The second kappa shape index (κ2) is 14.8. The summed E-state index contributed by atoms with van der Waals surface area (Å²) in [7, 11) is 80.6. The van der Waals surface area contributed by atoms with Crippen molar-refractivity contribution in [3.63, 3.8) is 0 Å². The molecule has 0 amide bonds. The van der Waals surface area contributed by atoms with Crippen LogP contribution in [0.4, 0.5) is 0 Å². The van der Waals surface area contributed by atoms with Gasteiger partial charge in [0.15, 0.2) is 0 Å². The van der Waals surface area contributed by atoms with Crippen LogP contribution in [0.5, 0.6) is 5.75 Å². The lowest BCUT2D eigenvalue weighted by atomic mass is 9.60. The largest absolute Gasteiger partial charge is 0.508 e. The van der Waals surface area contributed by atoms with Crippen molar-refractivity contribution in [2.24, 2.45) is 0 Å². The second-order valence-corrected chi connectivity index (χ2v) is 14.7. The summed E-state index contributed by atoms with van der Waals surface area (Å²) >= 11 is 0. The molecule has 1 heterocycles. The van der Waals surface area contributed by atoms with Crippen LogP contribution < -0.4 is 65.6 Å². The number of phenols is 1. The molecule has 1 aromatic heterocycles. The molecule has 0 atom stereocenters. The maximum Gasteiger partial charge on any atom is 0.144 e. The molecular weight excluding hydrogens is 714 g/mol. The summed E-state index contributed by atoms with van der Waals surface area (Å²) in [6, 6.07) is 33.1. The van der Waals surface area contributed by atoms with Crippen molar-refractivity contribution >= 4 is 192 Å². The first kappa shape index (κ1) is 39.8. The molecule has 0 spiro atoms. The molecule has 0 saturated heterocycles. The topological polar surface area (TPSA) is 38.0 Å². The van der Waals surface area contributed by atoms with E-state index >= 15 is 0 Å². The molecule has 9 rings (SSSR count). The highest BCUT2D eigenvalue weighted by Crippen LogP contribution is 2.45.